The molecule has 7 nitrogen and oxygen atoms in total. The van der Waals surface area contributed by atoms with E-state index in [2.05, 4.69) is 20.5 Å². The van der Waals surface area contributed by atoms with Gasteiger partial charge in [0.2, 0.25) is 5.91 Å². The molecule has 2 heterocycles. The summed E-state index contributed by atoms with van der Waals surface area (Å²) in [7, 11) is 0. The van der Waals surface area contributed by atoms with Crippen LogP contribution in [0, 0.1) is 17.1 Å². The fourth-order valence-corrected chi connectivity index (χ4v) is 3.10. The van der Waals surface area contributed by atoms with Gasteiger partial charge in [0.05, 0.1) is 18.2 Å². The zero-order chi connectivity index (χ0) is 19.1. The topological polar surface area (TPSA) is 96.5 Å². The van der Waals surface area contributed by atoms with Crippen LogP contribution >= 0.6 is 11.8 Å². The van der Waals surface area contributed by atoms with Crippen molar-refractivity contribution in [3.8, 4) is 23.1 Å². The van der Waals surface area contributed by atoms with Gasteiger partial charge in [-0.3, -0.25) is 14.3 Å². The Labute approximate surface area is 159 Å². The van der Waals surface area contributed by atoms with Crippen LogP contribution in [0.4, 0.5) is 4.39 Å². The number of carbonyl (C=O) groups excluding carboxylic acids is 1. The minimum absolute atomic E-state index is 0.126. The molecule has 0 spiro atoms. The average molecular weight is 382 g/mol. The maximum Gasteiger partial charge on any atom is 0.230 e. The van der Waals surface area contributed by atoms with Gasteiger partial charge in [-0.05, 0) is 36.4 Å². The molecule has 1 amide bonds. The lowest BCUT2D eigenvalue weighted by atomic mass is 10.2. The normalized spacial score (nSPS) is 10.4. The highest BCUT2D eigenvalue weighted by Crippen LogP contribution is 2.27. The van der Waals surface area contributed by atoms with Crippen molar-refractivity contribution in [2.45, 2.75) is 11.6 Å². The maximum atomic E-state index is 13.3. The largest absolute Gasteiger partial charge is 0.354 e. The van der Waals surface area contributed by atoms with Crippen LogP contribution in [0.2, 0.25) is 0 Å². The first-order chi connectivity index (χ1) is 13.2. The first-order valence-corrected chi connectivity index (χ1v) is 9.06. The summed E-state index contributed by atoms with van der Waals surface area (Å²) in [6, 6.07) is 11.5. The van der Waals surface area contributed by atoms with Gasteiger partial charge in [0.1, 0.15) is 5.82 Å². The van der Waals surface area contributed by atoms with Crippen LogP contribution in [0.15, 0.2) is 53.9 Å². The number of nitrogens with one attached hydrogen (secondary N) is 1. The van der Waals surface area contributed by atoms with Crippen molar-refractivity contribution in [1.82, 2.24) is 25.1 Å². The number of aromatic nitrogens is 4. The van der Waals surface area contributed by atoms with Gasteiger partial charge in [0.15, 0.2) is 11.0 Å². The molecule has 0 aliphatic rings. The van der Waals surface area contributed by atoms with E-state index in [1.807, 2.05) is 6.07 Å². The lowest BCUT2D eigenvalue weighted by Gasteiger charge is -2.10. The summed E-state index contributed by atoms with van der Waals surface area (Å²) >= 11 is 1.21. The van der Waals surface area contributed by atoms with E-state index >= 15 is 0 Å². The summed E-state index contributed by atoms with van der Waals surface area (Å²) in [4.78, 5) is 15.9. The third-order valence-corrected chi connectivity index (χ3v) is 4.48. The number of carbonyl (C=O) groups is 1. The molecule has 0 fully saturated rings. The van der Waals surface area contributed by atoms with Gasteiger partial charge in [-0.1, -0.05) is 11.8 Å². The van der Waals surface area contributed by atoms with Crippen LogP contribution in [-0.4, -0.2) is 38.0 Å². The smallest absolute Gasteiger partial charge is 0.230 e. The number of hydrogen-bond donors (Lipinski definition) is 1. The predicted molar refractivity (Wildman–Crippen MR) is 98.5 cm³/mol. The van der Waals surface area contributed by atoms with E-state index in [0.29, 0.717) is 23.2 Å². The van der Waals surface area contributed by atoms with Crippen LogP contribution in [0.3, 0.4) is 0 Å². The Morgan fingerprint density at radius 2 is 1.93 bits per heavy atom. The Hall–Kier alpha value is -3.25. The van der Waals surface area contributed by atoms with E-state index < -0.39 is 0 Å². The minimum Gasteiger partial charge on any atom is -0.354 e. The first-order valence-electron chi connectivity index (χ1n) is 8.07. The van der Waals surface area contributed by atoms with Gasteiger partial charge in [0.25, 0.3) is 0 Å². The van der Waals surface area contributed by atoms with Gasteiger partial charge >= 0.3 is 0 Å². The number of thioether (sulfide) groups is 1. The Kier molecular flexibility index (Phi) is 6.12. The number of nitriles is 1. The molecule has 0 bridgehead atoms. The van der Waals surface area contributed by atoms with Crippen LogP contribution in [-0.2, 0) is 4.79 Å². The lowest BCUT2D eigenvalue weighted by Crippen LogP contribution is -2.26. The molecule has 0 unspecified atom stereocenters. The van der Waals surface area contributed by atoms with Gasteiger partial charge in [-0.15, -0.1) is 10.2 Å². The van der Waals surface area contributed by atoms with Gasteiger partial charge in [-0.25, -0.2) is 4.39 Å². The van der Waals surface area contributed by atoms with Gasteiger partial charge < -0.3 is 5.32 Å². The molecule has 0 radical (unpaired) electrons. The highest BCUT2D eigenvalue weighted by molar-refractivity contribution is 7.99. The Bertz CT molecular complexity index is 952. The van der Waals surface area contributed by atoms with E-state index in [0.717, 1.165) is 5.56 Å². The summed E-state index contributed by atoms with van der Waals surface area (Å²) in [6.45, 7) is 0.308. The monoisotopic (exact) mass is 382 g/mol. The molecule has 0 saturated carbocycles. The number of halogens is 1. The van der Waals surface area contributed by atoms with E-state index in [4.69, 9.17) is 5.26 Å². The van der Waals surface area contributed by atoms with Crippen molar-refractivity contribution in [3.63, 3.8) is 0 Å². The summed E-state index contributed by atoms with van der Waals surface area (Å²) in [5, 5.41) is 20.1. The van der Waals surface area contributed by atoms with Crippen LogP contribution in [0.25, 0.3) is 17.1 Å². The molecule has 0 saturated heterocycles. The second-order valence-corrected chi connectivity index (χ2v) is 6.34. The Morgan fingerprint density at radius 3 is 2.63 bits per heavy atom. The second kappa shape index (κ2) is 8.91. The zero-order valence-electron chi connectivity index (χ0n) is 14.2. The maximum absolute atomic E-state index is 13.3. The Balaban J connectivity index is 1.88. The number of hydrogen-bond acceptors (Lipinski definition) is 6. The first kappa shape index (κ1) is 18.5. The van der Waals surface area contributed by atoms with E-state index in [1.54, 1.807) is 41.2 Å². The van der Waals surface area contributed by atoms with Crippen molar-refractivity contribution < 1.29 is 9.18 Å². The SMILES string of the molecule is N#CCCNC(=O)CSc1nnc(-c2ccncc2)n1-c1ccc(F)cc1. The van der Waals surface area contributed by atoms with E-state index in [-0.39, 0.29) is 23.9 Å². The van der Waals surface area contributed by atoms with Crippen LogP contribution < -0.4 is 5.32 Å². The molecule has 3 aromatic rings. The molecule has 0 atom stereocenters. The number of benzene rings is 1. The summed E-state index contributed by atoms with van der Waals surface area (Å²) in [6.07, 6.45) is 3.55. The predicted octanol–water partition coefficient (Wildman–Crippen LogP) is 2.59. The standard InChI is InChI=1S/C18H15FN6OS/c19-14-2-4-15(5-3-14)25-17(13-6-10-21-11-7-13)23-24-18(25)27-12-16(26)22-9-1-8-20/h2-7,10-11H,1,9,12H2,(H,22,26). The fraction of sp³-hybridized carbons (Fsp3) is 0.167. The van der Waals surface area contributed by atoms with Crippen LogP contribution in [0.1, 0.15) is 6.42 Å². The number of amides is 1. The number of nitrogens with zero attached hydrogens (tertiary/aromatic N) is 5. The Morgan fingerprint density at radius 1 is 1.19 bits per heavy atom. The average Bonchev–Trinajstić information content (AvgIpc) is 3.12. The molecular formula is C18H15FN6OS. The lowest BCUT2D eigenvalue weighted by molar-refractivity contribution is -0.118. The summed E-state index contributed by atoms with van der Waals surface area (Å²) in [5.41, 5.74) is 1.48. The van der Waals surface area contributed by atoms with Crippen molar-refractivity contribution in [2.24, 2.45) is 0 Å². The molecule has 0 aliphatic heterocycles. The molecular weight excluding hydrogens is 367 g/mol. The molecule has 27 heavy (non-hydrogen) atoms. The van der Waals surface area contributed by atoms with Crippen molar-refractivity contribution in [3.05, 3.63) is 54.6 Å². The van der Waals surface area contributed by atoms with E-state index in [9.17, 15) is 9.18 Å². The van der Waals surface area contributed by atoms with E-state index in [1.165, 1.54) is 23.9 Å². The molecule has 1 N–H and O–H groups in total. The highest BCUT2D eigenvalue weighted by atomic mass is 32.2. The fourth-order valence-electron chi connectivity index (χ4n) is 2.31. The van der Waals surface area contributed by atoms with Gasteiger partial charge in [0, 0.05) is 30.2 Å². The van der Waals surface area contributed by atoms with Crippen LogP contribution in [0.5, 0.6) is 0 Å². The van der Waals surface area contributed by atoms with Crippen molar-refractivity contribution >= 4 is 17.7 Å². The molecule has 136 valence electrons. The summed E-state index contributed by atoms with van der Waals surface area (Å²) < 4.78 is 15.1. The second-order valence-electron chi connectivity index (χ2n) is 5.40. The third-order valence-electron chi connectivity index (χ3n) is 3.55. The molecule has 0 aliphatic carbocycles. The zero-order valence-corrected chi connectivity index (χ0v) is 15.0. The minimum atomic E-state index is -0.344. The molecule has 2 aromatic heterocycles. The number of pyridine rings is 1. The highest BCUT2D eigenvalue weighted by Gasteiger charge is 2.17. The van der Waals surface area contributed by atoms with Crippen molar-refractivity contribution in [2.75, 3.05) is 12.3 Å². The summed E-state index contributed by atoms with van der Waals surface area (Å²) in [5.74, 6) is 0.148. The molecule has 3 rings (SSSR count). The molecule has 1 aromatic carbocycles. The number of rotatable bonds is 7. The van der Waals surface area contributed by atoms with Gasteiger partial charge in [-0.2, -0.15) is 5.26 Å². The quantitative estimate of drug-likeness (QED) is 0.498. The third kappa shape index (κ3) is 4.68. The van der Waals surface area contributed by atoms with Crippen molar-refractivity contribution in [1.29, 1.82) is 5.26 Å². The molecule has 9 heteroatoms.